The number of hydrogen-bond acceptors (Lipinski definition) is 3. The van der Waals surface area contributed by atoms with Gasteiger partial charge in [-0.15, -0.1) is 0 Å². The molecular formula is C24H28N2O3. The zero-order valence-electron chi connectivity index (χ0n) is 16.8. The number of amides is 2. The van der Waals surface area contributed by atoms with Crippen LogP contribution in [-0.4, -0.2) is 17.9 Å². The number of anilines is 1. The Morgan fingerprint density at radius 3 is 2.31 bits per heavy atom. The predicted molar refractivity (Wildman–Crippen MR) is 113 cm³/mol. The van der Waals surface area contributed by atoms with Gasteiger partial charge in [0, 0.05) is 0 Å². The first-order valence-electron chi connectivity index (χ1n) is 10.5. The molecule has 2 aromatic rings. The van der Waals surface area contributed by atoms with Gasteiger partial charge >= 0.3 is 11.8 Å². The number of benzene rings is 2. The summed E-state index contributed by atoms with van der Waals surface area (Å²) in [5.41, 5.74) is 1.57. The molecule has 2 amide bonds. The Balaban J connectivity index is 1.42. The van der Waals surface area contributed by atoms with Crippen molar-refractivity contribution in [3.63, 3.8) is 0 Å². The highest BCUT2D eigenvalue weighted by Crippen LogP contribution is 2.46. The second-order valence-electron chi connectivity index (χ2n) is 8.21. The van der Waals surface area contributed by atoms with E-state index < -0.39 is 11.8 Å². The normalized spacial score (nSPS) is 22.0. The van der Waals surface area contributed by atoms with Crippen LogP contribution in [0.15, 0.2) is 54.6 Å². The fourth-order valence-corrected chi connectivity index (χ4v) is 4.16. The van der Waals surface area contributed by atoms with Crippen molar-refractivity contribution in [2.45, 2.75) is 51.2 Å². The smallest absolute Gasteiger partial charge is 0.313 e. The second kappa shape index (κ2) is 8.68. The van der Waals surface area contributed by atoms with E-state index in [2.05, 4.69) is 17.6 Å². The van der Waals surface area contributed by atoms with E-state index in [1.807, 2.05) is 48.5 Å². The molecule has 2 aliphatic rings. The summed E-state index contributed by atoms with van der Waals surface area (Å²) in [6.45, 7) is 2.17. The minimum Gasteiger partial charge on any atom is -0.488 e. The van der Waals surface area contributed by atoms with Crippen molar-refractivity contribution in [2.24, 2.45) is 11.8 Å². The summed E-state index contributed by atoms with van der Waals surface area (Å²) in [7, 11) is 0. The van der Waals surface area contributed by atoms with Crippen LogP contribution in [0.2, 0.25) is 0 Å². The van der Waals surface area contributed by atoms with Crippen LogP contribution < -0.4 is 15.4 Å². The number of para-hydroxylation sites is 2. The molecule has 5 heteroatoms. The van der Waals surface area contributed by atoms with Crippen LogP contribution in [0.4, 0.5) is 5.69 Å². The molecule has 2 aliphatic carbocycles. The summed E-state index contributed by atoms with van der Waals surface area (Å²) >= 11 is 0. The lowest BCUT2D eigenvalue weighted by atomic mass is 10.0. The van der Waals surface area contributed by atoms with Gasteiger partial charge in [0.15, 0.2) is 0 Å². The Labute approximate surface area is 171 Å². The van der Waals surface area contributed by atoms with E-state index in [9.17, 15) is 9.59 Å². The summed E-state index contributed by atoms with van der Waals surface area (Å²) in [6.07, 6.45) is 5.63. The monoisotopic (exact) mass is 392 g/mol. The molecule has 0 radical (unpaired) electrons. The molecular weight excluding hydrogens is 364 g/mol. The first kappa shape index (κ1) is 19.5. The summed E-state index contributed by atoms with van der Waals surface area (Å²) < 4.78 is 6.05. The third-order valence-electron chi connectivity index (χ3n) is 5.98. The number of ether oxygens (including phenoxy) is 1. The maximum Gasteiger partial charge on any atom is 0.313 e. The zero-order chi connectivity index (χ0) is 20.2. The number of carbonyl (C=O) groups is 2. The molecule has 0 aromatic heterocycles. The SMILES string of the molecule is CC1CC1C(NC(=O)C(=O)Nc1ccccc1OC1CCCC1)c1ccccc1. The lowest BCUT2D eigenvalue weighted by Crippen LogP contribution is -2.38. The van der Waals surface area contributed by atoms with Gasteiger partial charge in [0.2, 0.25) is 0 Å². The molecule has 0 saturated heterocycles. The lowest BCUT2D eigenvalue weighted by Gasteiger charge is -2.20. The quantitative estimate of drug-likeness (QED) is 0.713. The number of rotatable bonds is 6. The molecule has 0 heterocycles. The van der Waals surface area contributed by atoms with Crippen LogP contribution in [0, 0.1) is 11.8 Å². The summed E-state index contributed by atoms with van der Waals surface area (Å²) in [4.78, 5) is 25.3. The molecule has 3 atom stereocenters. The molecule has 0 bridgehead atoms. The van der Waals surface area contributed by atoms with Crippen LogP contribution in [-0.2, 0) is 9.59 Å². The molecule has 29 heavy (non-hydrogen) atoms. The van der Waals surface area contributed by atoms with E-state index in [4.69, 9.17) is 4.74 Å². The second-order valence-corrected chi connectivity index (χ2v) is 8.21. The molecule has 3 unspecified atom stereocenters. The topological polar surface area (TPSA) is 67.4 Å². The van der Waals surface area contributed by atoms with Crippen molar-refractivity contribution in [1.29, 1.82) is 0 Å². The largest absolute Gasteiger partial charge is 0.488 e. The molecule has 4 rings (SSSR count). The van der Waals surface area contributed by atoms with Gasteiger partial charge in [-0.3, -0.25) is 9.59 Å². The Kier molecular flexibility index (Phi) is 5.84. The summed E-state index contributed by atoms with van der Waals surface area (Å²) in [5, 5.41) is 5.68. The van der Waals surface area contributed by atoms with Crippen LogP contribution in [0.1, 0.15) is 50.6 Å². The summed E-state index contributed by atoms with van der Waals surface area (Å²) in [5.74, 6) is 0.252. The first-order valence-corrected chi connectivity index (χ1v) is 10.5. The lowest BCUT2D eigenvalue weighted by molar-refractivity contribution is -0.136. The van der Waals surface area contributed by atoms with Crippen molar-refractivity contribution in [3.05, 3.63) is 60.2 Å². The van der Waals surface area contributed by atoms with Gasteiger partial charge in [0.05, 0.1) is 17.8 Å². The van der Waals surface area contributed by atoms with E-state index in [-0.39, 0.29) is 12.1 Å². The standard InChI is InChI=1S/C24H28N2O3/c1-16-15-19(16)22(17-9-3-2-4-10-17)26-24(28)23(27)25-20-13-7-8-14-21(20)29-18-11-5-6-12-18/h2-4,7-10,13-14,16,18-19,22H,5-6,11-12,15H2,1H3,(H,25,27)(H,26,28). The number of nitrogens with one attached hydrogen (secondary N) is 2. The minimum absolute atomic E-state index is 0.144. The predicted octanol–water partition coefficient (Wildman–Crippen LogP) is 4.46. The van der Waals surface area contributed by atoms with E-state index in [0.717, 1.165) is 24.8 Å². The van der Waals surface area contributed by atoms with E-state index >= 15 is 0 Å². The van der Waals surface area contributed by atoms with Gasteiger partial charge in [-0.25, -0.2) is 0 Å². The van der Waals surface area contributed by atoms with Gasteiger partial charge in [0.25, 0.3) is 0 Å². The molecule has 2 aromatic carbocycles. The van der Waals surface area contributed by atoms with Gasteiger partial charge in [-0.1, -0.05) is 49.4 Å². The van der Waals surface area contributed by atoms with Crippen molar-refractivity contribution in [3.8, 4) is 5.75 Å². The third kappa shape index (κ3) is 4.78. The molecule has 2 saturated carbocycles. The zero-order valence-corrected chi connectivity index (χ0v) is 16.8. The number of hydrogen-bond donors (Lipinski definition) is 2. The van der Waals surface area contributed by atoms with Crippen molar-refractivity contribution >= 4 is 17.5 Å². The third-order valence-corrected chi connectivity index (χ3v) is 5.98. The molecule has 0 spiro atoms. The maximum atomic E-state index is 12.7. The molecule has 152 valence electrons. The number of carbonyl (C=O) groups excluding carboxylic acids is 2. The van der Waals surface area contributed by atoms with E-state index in [1.165, 1.54) is 12.8 Å². The minimum atomic E-state index is -0.665. The van der Waals surface area contributed by atoms with Gasteiger partial charge in [0.1, 0.15) is 5.75 Å². The van der Waals surface area contributed by atoms with Crippen LogP contribution in [0.5, 0.6) is 5.75 Å². The molecule has 2 fully saturated rings. The van der Waals surface area contributed by atoms with Crippen molar-refractivity contribution in [2.75, 3.05) is 5.32 Å². The van der Waals surface area contributed by atoms with Crippen LogP contribution in [0.3, 0.4) is 0 Å². The van der Waals surface area contributed by atoms with Gasteiger partial charge in [-0.2, -0.15) is 0 Å². The fourth-order valence-electron chi connectivity index (χ4n) is 4.16. The fraction of sp³-hybridized carbons (Fsp3) is 0.417. The molecule has 0 aliphatic heterocycles. The van der Waals surface area contributed by atoms with E-state index in [1.54, 1.807) is 6.07 Å². The van der Waals surface area contributed by atoms with Gasteiger partial charge < -0.3 is 15.4 Å². The van der Waals surface area contributed by atoms with Crippen LogP contribution >= 0.6 is 0 Å². The van der Waals surface area contributed by atoms with Crippen molar-refractivity contribution < 1.29 is 14.3 Å². The Bertz CT molecular complexity index is 861. The Hall–Kier alpha value is -2.82. The average molecular weight is 392 g/mol. The van der Waals surface area contributed by atoms with E-state index in [0.29, 0.717) is 23.3 Å². The highest BCUT2D eigenvalue weighted by atomic mass is 16.5. The Morgan fingerprint density at radius 1 is 0.966 bits per heavy atom. The van der Waals surface area contributed by atoms with Gasteiger partial charge in [-0.05, 0) is 61.6 Å². The van der Waals surface area contributed by atoms with Crippen molar-refractivity contribution in [1.82, 2.24) is 5.32 Å². The average Bonchev–Trinajstić information content (AvgIpc) is 3.23. The highest BCUT2D eigenvalue weighted by molar-refractivity contribution is 6.39. The molecule has 5 nitrogen and oxygen atoms in total. The van der Waals surface area contributed by atoms with Crippen LogP contribution in [0.25, 0.3) is 0 Å². The Morgan fingerprint density at radius 2 is 1.62 bits per heavy atom. The highest BCUT2D eigenvalue weighted by Gasteiger charge is 2.41. The summed E-state index contributed by atoms with van der Waals surface area (Å²) in [6, 6.07) is 17.0. The molecule has 2 N–H and O–H groups in total. The maximum absolute atomic E-state index is 12.7. The first-order chi connectivity index (χ1) is 14.1.